The van der Waals surface area contributed by atoms with Crippen molar-refractivity contribution in [3.63, 3.8) is 0 Å². The number of nitrogens with two attached hydrogens (primary N) is 1. The molecular weight excluding hydrogens is 210 g/mol. The summed E-state index contributed by atoms with van der Waals surface area (Å²) >= 11 is 4.69. The lowest BCUT2D eigenvalue weighted by Crippen LogP contribution is -2.48. The summed E-state index contributed by atoms with van der Waals surface area (Å²) in [5.41, 5.74) is 5.31. The van der Waals surface area contributed by atoms with Gasteiger partial charge in [-0.05, 0) is 25.9 Å². The Bertz CT molecular complexity index is 245. The van der Waals surface area contributed by atoms with Crippen LogP contribution in [0.1, 0.15) is 26.2 Å². The van der Waals surface area contributed by atoms with Crippen molar-refractivity contribution in [2.24, 2.45) is 5.73 Å². The molecule has 3 N–H and O–H groups in total. The first-order chi connectivity index (χ1) is 7.11. The van der Waals surface area contributed by atoms with E-state index in [1.807, 2.05) is 0 Å². The van der Waals surface area contributed by atoms with E-state index in [1.54, 1.807) is 0 Å². The molecule has 0 radical (unpaired) electrons. The standard InChI is InChI=1S/C10H19N3OS/c1-2-13-5-3-4-8(7-13)12-10(14)6-9(11)15/h8H,2-7H2,1H3,(H2,11,15)(H,12,14). The number of carbonyl (C=O) groups excluding carboxylic acids is 1. The van der Waals surface area contributed by atoms with Crippen LogP contribution in [0, 0.1) is 0 Å². The number of thiocarbonyl (C=S) groups is 1. The first-order valence-corrected chi connectivity index (χ1v) is 5.82. The number of rotatable bonds is 4. The average molecular weight is 229 g/mol. The fourth-order valence-electron chi connectivity index (χ4n) is 1.90. The minimum Gasteiger partial charge on any atom is -0.393 e. The van der Waals surface area contributed by atoms with Crippen molar-refractivity contribution in [2.75, 3.05) is 19.6 Å². The molecule has 0 aromatic heterocycles. The van der Waals surface area contributed by atoms with E-state index in [0.29, 0.717) is 0 Å². The first kappa shape index (κ1) is 12.4. The summed E-state index contributed by atoms with van der Waals surface area (Å²) in [6, 6.07) is 0.264. The van der Waals surface area contributed by atoms with Gasteiger partial charge in [0.1, 0.15) is 0 Å². The van der Waals surface area contributed by atoms with Gasteiger partial charge in [0, 0.05) is 12.6 Å². The summed E-state index contributed by atoms with van der Waals surface area (Å²) in [7, 11) is 0. The van der Waals surface area contributed by atoms with Crippen LogP contribution in [-0.4, -0.2) is 41.5 Å². The van der Waals surface area contributed by atoms with E-state index in [4.69, 9.17) is 18.0 Å². The molecule has 1 aliphatic heterocycles. The lowest BCUT2D eigenvalue weighted by Gasteiger charge is -2.32. The van der Waals surface area contributed by atoms with E-state index < -0.39 is 0 Å². The van der Waals surface area contributed by atoms with Crippen molar-refractivity contribution in [1.82, 2.24) is 10.2 Å². The zero-order valence-corrected chi connectivity index (χ0v) is 9.98. The van der Waals surface area contributed by atoms with Crippen molar-refractivity contribution < 1.29 is 4.79 Å². The number of likely N-dealkylation sites (N-methyl/N-ethyl adjacent to an activating group) is 1. The topological polar surface area (TPSA) is 58.4 Å². The average Bonchev–Trinajstić information content (AvgIpc) is 2.16. The Morgan fingerprint density at radius 1 is 1.67 bits per heavy atom. The minimum absolute atomic E-state index is 0.0505. The van der Waals surface area contributed by atoms with Gasteiger partial charge >= 0.3 is 0 Å². The highest BCUT2D eigenvalue weighted by atomic mass is 32.1. The van der Waals surface area contributed by atoms with Gasteiger partial charge in [-0.15, -0.1) is 0 Å². The van der Waals surface area contributed by atoms with Crippen LogP contribution in [0.4, 0.5) is 0 Å². The Kier molecular flexibility index (Phi) is 4.98. The molecule has 1 heterocycles. The molecule has 0 aromatic carbocycles. The maximum atomic E-state index is 11.4. The molecule has 0 saturated carbocycles. The third kappa shape index (κ3) is 4.57. The van der Waals surface area contributed by atoms with Gasteiger partial charge in [0.2, 0.25) is 5.91 Å². The molecule has 5 heteroatoms. The summed E-state index contributed by atoms with van der Waals surface area (Å²) < 4.78 is 0. The Hall–Kier alpha value is -0.680. The first-order valence-electron chi connectivity index (χ1n) is 5.41. The molecule has 0 bridgehead atoms. The minimum atomic E-state index is -0.0505. The summed E-state index contributed by atoms with van der Waals surface area (Å²) in [4.78, 5) is 14.0. The van der Waals surface area contributed by atoms with Crippen molar-refractivity contribution >= 4 is 23.1 Å². The van der Waals surface area contributed by atoms with Gasteiger partial charge < -0.3 is 16.0 Å². The van der Waals surface area contributed by atoms with Gasteiger partial charge in [0.25, 0.3) is 0 Å². The molecule has 1 atom stereocenters. The van der Waals surface area contributed by atoms with Crippen LogP contribution < -0.4 is 11.1 Å². The van der Waals surface area contributed by atoms with Gasteiger partial charge in [-0.2, -0.15) is 0 Å². The van der Waals surface area contributed by atoms with Crippen molar-refractivity contribution in [3.05, 3.63) is 0 Å². The fourth-order valence-corrected chi connectivity index (χ4v) is 2.03. The predicted molar refractivity (Wildman–Crippen MR) is 64.7 cm³/mol. The molecule has 1 fully saturated rings. The van der Waals surface area contributed by atoms with Crippen LogP contribution in [0.15, 0.2) is 0 Å². The molecule has 86 valence electrons. The van der Waals surface area contributed by atoms with E-state index in [2.05, 4.69) is 17.1 Å². The molecule has 4 nitrogen and oxygen atoms in total. The number of nitrogens with one attached hydrogen (secondary N) is 1. The Labute approximate surface area is 96.2 Å². The number of carbonyl (C=O) groups is 1. The van der Waals surface area contributed by atoms with Crippen molar-refractivity contribution in [1.29, 1.82) is 0 Å². The maximum absolute atomic E-state index is 11.4. The third-order valence-corrected chi connectivity index (χ3v) is 2.80. The van der Waals surface area contributed by atoms with E-state index in [9.17, 15) is 4.79 Å². The summed E-state index contributed by atoms with van der Waals surface area (Å²) in [6.07, 6.45) is 2.36. The molecule has 1 aliphatic rings. The van der Waals surface area contributed by atoms with Crippen LogP contribution in [0.3, 0.4) is 0 Å². The van der Waals surface area contributed by atoms with Crippen molar-refractivity contribution in [3.8, 4) is 0 Å². The highest BCUT2D eigenvalue weighted by Crippen LogP contribution is 2.09. The molecule has 0 aromatic rings. The van der Waals surface area contributed by atoms with Crippen LogP contribution in [-0.2, 0) is 4.79 Å². The van der Waals surface area contributed by atoms with Crippen LogP contribution in [0.25, 0.3) is 0 Å². The summed E-state index contributed by atoms with van der Waals surface area (Å²) in [5.74, 6) is -0.0505. The molecule has 15 heavy (non-hydrogen) atoms. The van der Waals surface area contributed by atoms with E-state index in [1.165, 1.54) is 0 Å². The SMILES string of the molecule is CCN1CCCC(NC(=O)CC(N)=S)C1. The number of amides is 1. The van der Waals surface area contributed by atoms with Gasteiger partial charge in [-0.1, -0.05) is 19.1 Å². The summed E-state index contributed by atoms with van der Waals surface area (Å²) in [5, 5.41) is 2.97. The number of piperidine rings is 1. The second-order valence-electron chi connectivity index (χ2n) is 3.94. The Morgan fingerprint density at radius 3 is 3.00 bits per heavy atom. The van der Waals surface area contributed by atoms with Crippen molar-refractivity contribution in [2.45, 2.75) is 32.2 Å². The maximum Gasteiger partial charge on any atom is 0.227 e. The number of likely N-dealkylation sites (tertiary alicyclic amines) is 1. The second kappa shape index (κ2) is 6.02. The molecule has 1 amide bonds. The highest BCUT2D eigenvalue weighted by Gasteiger charge is 2.20. The van der Waals surface area contributed by atoms with Crippen LogP contribution >= 0.6 is 12.2 Å². The monoisotopic (exact) mass is 229 g/mol. The number of hydrogen-bond donors (Lipinski definition) is 2. The van der Waals surface area contributed by atoms with E-state index in [-0.39, 0.29) is 23.4 Å². The van der Waals surface area contributed by atoms with Crippen LogP contribution in [0.2, 0.25) is 0 Å². The lowest BCUT2D eigenvalue weighted by atomic mass is 10.1. The molecule has 1 unspecified atom stereocenters. The van der Waals surface area contributed by atoms with Gasteiger partial charge in [-0.3, -0.25) is 4.79 Å². The smallest absolute Gasteiger partial charge is 0.227 e. The van der Waals surface area contributed by atoms with E-state index >= 15 is 0 Å². The number of nitrogens with zero attached hydrogens (tertiary/aromatic N) is 1. The highest BCUT2D eigenvalue weighted by molar-refractivity contribution is 7.80. The molecular formula is C10H19N3OS. The summed E-state index contributed by atoms with van der Waals surface area (Å²) in [6.45, 7) is 5.26. The number of hydrogen-bond acceptors (Lipinski definition) is 3. The zero-order chi connectivity index (χ0) is 11.3. The second-order valence-corrected chi connectivity index (χ2v) is 4.47. The quantitative estimate of drug-likeness (QED) is 0.679. The van der Waals surface area contributed by atoms with Gasteiger partial charge in [0.15, 0.2) is 0 Å². The van der Waals surface area contributed by atoms with Crippen LogP contribution in [0.5, 0.6) is 0 Å². The van der Waals surface area contributed by atoms with Gasteiger partial charge in [0.05, 0.1) is 11.4 Å². The fraction of sp³-hybridized carbons (Fsp3) is 0.800. The molecule has 1 saturated heterocycles. The lowest BCUT2D eigenvalue weighted by molar-refractivity contribution is -0.120. The molecule has 0 aliphatic carbocycles. The molecule has 1 rings (SSSR count). The third-order valence-electron chi connectivity index (χ3n) is 2.65. The van der Waals surface area contributed by atoms with E-state index in [0.717, 1.165) is 32.5 Å². The predicted octanol–water partition coefficient (Wildman–Crippen LogP) is 0.263. The zero-order valence-electron chi connectivity index (χ0n) is 9.16. The normalized spacial score (nSPS) is 22.3. The Morgan fingerprint density at radius 2 is 2.40 bits per heavy atom. The van der Waals surface area contributed by atoms with Gasteiger partial charge in [-0.25, -0.2) is 0 Å². The Balaban J connectivity index is 2.31. The molecule has 0 spiro atoms. The largest absolute Gasteiger partial charge is 0.393 e.